The molecule has 0 saturated carbocycles. The first kappa shape index (κ1) is 82.6. The minimum atomic E-state index is -0.976. The Kier molecular flexibility index (Phi) is 33.3. The highest BCUT2D eigenvalue weighted by Gasteiger charge is 2.23. The van der Waals surface area contributed by atoms with Crippen LogP contribution in [0.4, 0.5) is 0 Å². The zero-order chi connectivity index (χ0) is 76.0. The molecule has 0 aromatic heterocycles. The minimum absolute atomic E-state index is 0.244. The van der Waals surface area contributed by atoms with Crippen molar-refractivity contribution >= 4 is 0 Å². The van der Waals surface area contributed by atoms with Gasteiger partial charge in [0.15, 0.2) is 0 Å². The highest BCUT2D eigenvalue weighted by Crippen LogP contribution is 2.29. The second-order valence-electron chi connectivity index (χ2n) is 27.6. The molecule has 9 atom stereocenters. The predicted octanol–water partition coefficient (Wildman–Crippen LogP) is 9.08. The predicted molar refractivity (Wildman–Crippen MR) is 408 cm³/mol. The highest BCUT2D eigenvalue weighted by molar-refractivity contribution is 5.32. The van der Waals surface area contributed by atoms with Gasteiger partial charge >= 0.3 is 0 Å². The van der Waals surface area contributed by atoms with E-state index in [-0.39, 0.29) is 79.3 Å². The van der Waals surface area contributed by atoms with Gasteiger partial charge in [-0.25, -0.2) is 0 Å². The molecule has 1 aliphatic rings. The molecule has 0 spiro atoms. The third-order valence-corrected chi connectivity index (χ3v) is 19.7. The Bertz CT molecular complexity index is 3570. The topological polar surface area (TPSA) is 308 Å². The zero-order valence-electron chi connectivity index (χ0n) is 61.1. The molecule has 1 fully saturated rings. The highest BCUT2D eigenvalue weighted by atomic mass is 16.5. The molecule has 0 unspecified atom stereocenters. The van der Waals surface area contributed by atoms with Crippen LogP contribution in [-0.2, 0) is 87.7 Å². The van der Waals surface area contributed by atoms with Crippen LogP contribution in [0.2, 0.25) is 0 Å². The molecule has 0 radical (unpaired) electrons. The third-order valence-electron chi connectivity index (χ3n) is 19.7. The summed E-state index contributed by atoms with van der Waals surface area (Å²) in [5.41, 5.74) is 15.3. The maximum atomic E-state index is 10.2. The summed E-state index contributed by atoms with van der Waals surface area (Å²) in [5.74, 6) is 0. The molecule has 12 N–H and O–H groups in total. The Morgan fingerprint density at radius 2 is 0.370 bits per heavy atom. The molecule has 108 heavy (non-hydrogen) atoms. The summed E-state index contributed by atoms with van der Waals surface area (Å²) in [6, 6.07) is 69.4. The fourth-order valence-electron chi connectivity index (χ4n) is 12.8. The summed E-state index contributed by atoms with van der Waals surface area (Å²) in [6.07, 6.45) is -7.16. The number of aliphatic hydroxyl groups excluding tert-OH is 12. The van der Waals surface area contributed by atoms with E-state index in [9.17, 15) is 61.3 Å². The van der Waals surface area contributed by atoms with Crippen LogP contribution in [0.1, 0.15) is 155 Å². The van der Waals surface area contributed by atoms with Gasteiger partial charge < -0.3 is 89.7 Å². The van der Waals surface area contributed by atoms with Crippen molar-refractivity contribution in [3.05, 3.63) is 319 Å². The maximum absolute atomic E-state index is 10.2. The van der Waals surface area contributed by atoms with Crippen molar-refractivity contribution in [1.82, 2.24) is 14.7 Å². The average molecular weight is 1480 g/mol. The average Bonchev–Trinajstić information content (AvgIpc) is 1.46. The number of ether oxygens (including phenoxy) is 6. The second-order valence-corrected chi connectivity index (χ2v) is 27.6. The SMILES string of the molecule is OC[C@H](O)c1ccc(COC[C@H](OCc2ccc([C@@H](O)CO)cc2)c2ccc(CN3CCN(Cc4ccc([C@H](COCc5ccc([C@@H](O)CO)cc5)OCc5ccc([C@@H](O)CO)cc5)cc4)CCN(Cc4ccc([C@H](COCc5ccc([C@@H](O)CO)cc5)OCc5ccc([C@@H](O)CO)cc5)cc4)CC3)cc2)cc1. The molecule has 21 heteroatoms. The van der Waals surface area contributed by atoms with Crippen LogP contribution in [0.5, 0.6) is 0 Å². The smallest absolute Gasteiger partial charge is 0.106 e. The van der Waals surface area contributed by atoms with Crippen LogP contribution < -0.4 is 0 Å². The van der Waals surface area contributed by atoms with Crippen molar-refractivity contribution in [2.45, 2.75) is 114 Å². The summed E-state index contributed by atoms with van der Waals surface area (Å²) in [5, 5.41) is 118. The van der Waals surface area contributed by atoms with Gasteiger partial charge in [-0.2, -0.15) is 0 Å². The van der Waals surface area contributed by atoms with E-state index in [1.54, 1.807) is 72.8 Å². The lowest BCUT2D eigenvalue weighted by atomic mass is 10.1. The maximum Gasteiger partial charge on any atom is 0.106 e. The molecule has 576 valence electrons. The van der Waals surface area contributed by atoms with Crippen LogP contribution in [0.25, 0.3) is 0 Å². The van der Waals surface area contributed by atoms with E-state index in [1.807, 2.05) is 72.8 Å². The van der Waals surface area contributed by atoms with Crippen molar-refractivity contribution in [3.63, 3.8) is 0 Å². The molecular weight excluding hydrogens is 1370 g/mol. The van der Waals surface area contributed by atoms with E-state index in [0.29, 0.717) is 72.8 Å². The minimum Gasteiger partial charge on any atom is -0.393 e. The van der Waals surface area contributed by atoms with Gasteiger partial charge in [0.25, 0.3) is 0 Å². The van der Waals surface area contributed by atoms with Crippen molar-refractivity contribution in [3.8, 4) is 0 Å². The van der Waals surface area contributed by atoms with Gasteiger partial charge in [0.2, 0.25) is 0 Å². The van der Waals surface area contributed by atoms with Crippen LogP contribution in [0.15, 0.2) is 218 Å². The monoisotopic (exact) mass is 1480 g/mol. The van der Waals surface area contributed by atoms with E-state index < -0.39 is 54.9 Å². The Morgan fingerprint density at radius 1 is 0.213 bits per heavy atom. The Morgan fingerprint density at radius 3 is 0.546 bits per heavy atom. The van der Waals surface area contributed by atoms with Gasteiger partial charge in [-0.15, -0.1) is 0 Å². The molecule has 9 aromatic carbocycles. The summed E-state index contributed by atoms with van der Waals surface area (Å²) >= 11 is 0. The molecule has 1 aliphatic heterocycles. The molecule has 10 rings (SSSR count). The lowest BCUT2D eigenvalue weighted by Crippen LogP contribution is -2.35. The number of rotatable bonds is 42. The Balaban J connectivity index is 0.860. The number of aliphatic hydroxyl groups is 12. The summed E-state index contributed by atoms with van der Waals surface area (Å²) in [4.78, 5) is 7.54. The van der Waals surface area contributed by atoms with Gasteiger partial charge in [-0.3, -0.25) is 14.7 Å². The molecular formula is C87H105N3O18. The lowest BCUT2D eigenvalue weighted by molar-refractivity contribution is -0.0314. The van der Waals surface area contributed by atoms with Crippen molar-refractivity contribution < 1.29 is 89.7 Å². The quantitative estimate of drug-likeness (QED) is 0.0170. The number of benzene rings is 9. The molecule has 21 nitrogen and oxygen atoms in total. The first-order chi connectivity index (χ1) is 52.7. The Labute approximate surface area is 632 Å². The van der Waals surface area contributed by atoms with Crippen LogP contribution in [0.3, 0.4) is 0 Å². The lowest BCUT2D eigenvalue weighted by Gasteiger charge is -2.26. The summed E-state index contributed by atoms with van der Waals surface area (Å²) < 4.78 is 38.8. The van der Waals surface area contributed by atoms with E-state index in [0.717, 1.165) is 106 Å². The molecule has 0 amide bonds. The first-order valence-corrected chi connectivity index (χ1v) is 36.9. The molecule has 0 bridgehead atoms. The normalized spacial score (nSPS) is 16.0. The third kappa shape index (κ3) is 25.6. The molecule has 9 aromatic rings. The number of hydrogen-bond acceptors (Lipinski definition) is 21. The van der Waals surface area contributed by atoms with Gasteiger partial charge in [-0.05, 0) is 100 Å². The standard InChI is InChI=1S/C87H105N3O18/c91-46-79(97)70-19-7-64(8-20-70)52-103-58-85(106-55-67-13-25-73(26-14-67)82(100)49-94)76-31-1-61(2-32-76)43-88-37-39-89(44-62-3-33-77(34-4-62)86(107-56-68-15-27-74(28-16-68)83(101)50-95)59-104-53-65-9-21-71(22-10-65)80(98)47-92)41-42-90(40-38-88)45-63-5-35-78(36-6-63)87(108-57-69-17-29-75(30-18-69)84(102)51-96)60-105-54-66-11-23-72(24-12-66)81(99)48-93/h1-36,79-87,91-102H,37-60H2/t79-,80-,81-,82-,83-,84-,85-,86-,87-/m0/s1. The van der Waals surface area contributed by atoms with Crippen molar-refractivity contribution in [2.24, 2.45) is 0 Å². The van der Waals surface area contributed by atoms with Gasteiger partial charge in [0.05, 0.1) is 99.1 Å². The largest absolute Gasteiger partial charge is 0.393 e. The van der Waals surface area contributed by atoms with E-state index in [2.05, 4.69) is 87.5 Å². The first-order valence-electron chi connectivity index (χ1n) is 36.9. The van der Waals surface area contributed by atoms with E-state index in [4.69, 9.17) is 28.4 Å². The molecule has 1 heterocycles. The summed E-state index contributed by atoms with van der Waals surface area (Å²) in [7, 11) is 0. The fraction of sp³-hybridized carbons (Fsp3) is 0.379. The van der Waals surface area contributed by atoms with Crippen LogP contribution >= 0.6 is 0 Å². The summed E-state index contributed by atoms with van der Waals surface area (Å²) in [6.45, 7) is 7.01. The van der Waals surface area contributed by atoms with Crippen LogP contribution in [0, 0.1) is 0 Å². The zero-order valence-corrected chi connectivity index (χ0v) is 61.1. The van der Waals surface area contributed by atoms with Gasteiger partial charge in [0.1, 0.15) is 54.9 Å². The molecule has 0 aliphatic carbocycles. The Hall–Kier alpha value is -7.86. The molecule has 1 saturated heterocycles. The van der Waals surface area contributed by atoms with E-state index in [1.165, 1.54) is 0 Å². The fourth-order valence-corrected chi connectivity index (χ4v) is 12.8. The van der Waals surface area contributed by atoms with Crippen molar-refractivity contribution in [2.75, 3.05) is 98.7 Å². The van der Waals surface area contributed by atoms with Crippen molar-refractivity contribution in [1.29, 1.82) is 0 Å². The van der Waals surface area contributed by atoms with Crippen LogP contribution in [-0.4, -0.2) is 175 Å². The van der Waals surface area contributed by atoms with E-state index >= 15 is 0 Å². The second kappa shape index (κ2) is 43.5. The van der Waals surface area contributed by atoms with Gasteiger partial charge in [-0.1, -0.05) is 218 Å². The number of nitrogens with zero attached hydrogens (tertiary/aromatic N) is 3. The van der Waals surface area contributed by atoms with Gasteiger partial charge in [0, 0.05) is 58.9 Å². The number of hydrogen-bond donors (Lipinski definition) is 12.